The van der Waals surface area contributed by atoms with Gasteiger partial charge in [0.1, 0.15) is 0 Å². The maximum Gasteiger partial charge on any atom is 0.490 e. The predicted octanol–water partition coefficient (Wildman–Crippen LogP) is 5.10. The Morgan fingerprint density at radius 2 is 1.50 bits per heavy atom. The number of nitrogens with one attached hydrogen (secondary N) is 2. The maximum absolute atomic E-state index is 12.8. The van der Waals surface area contributed by atoms with Crippen LogP contribution in [0, 0.1) is 0 Å². The number of halogens is 3. The number of carboxylic acids is 1. The second-order valence-electron chi connectivity index (χ2n) is 8.24. The van der Waals surface area contributed by atoms with Crippen molar-refractivity contribution in [2.45, 2.75) is 25.4 Å². The number of carbonyl (C=O) groups is 2. The van der Waals surface area contributed by atoms with E-state index in [0.717, 1.165) is 53.4 Å². The molecule has 36 heavy (non-hydrogen) atoms. The Kier molecular flexibility index (Phi) is 7.83. The number of alkyl halides is 3. The Labute approximate surface area is 203 Å². The molecular formula is C25H25F3N4O4. The summed E-state index contributed by atoms with van der Waals surface area (Å²) in [4.78, 5) is 42.4. The van der Waals surface area contributed by atoms with E-state index in [2.05, 4.69) is 9.97 Å². The SMILES string of the molecule is N.O=C(O)C(F)(F)F.O=C(c1ccc2[nH]c(-c3cc4ccccc4[nH]c3=O)cc2c1)N1CCCCC1. The van der Waals surface area contributed by atoms with Crippen molar-refractivity contribution in [3.05, 3.63) is 70.5 Å². The van der Waals surface area contributed by atoms with E-state index in [0.29, 0.717) is 11.1 Å². The van der Waals surface area contributed by atoms with Crippen molar-refractivity contribution in [1.29, 1.82) is 0 Å². The fraction of sp³-hybridized carbons (Fsp3) is 0.240. The van der Waals surface area contributed by atoms with Crippen LogP contribution < -0.4 is 11.7 Å². The Morgan fingerprint density at radius 3 is 2.17 bits per heavy atom. The smallest absolute Gasteiger partial charge is 0.475 e. The van der Waals surface area contributed by atoms with Gasteiger partial charge in [-0.05, 0) is 61.0 Å². The number of aromatic nitrogens is 2. The summed E-state index contributed by atoms with van der Waals surface area (Å²) in [5.41, 5.74) is 3.66. The minimum Gasteiger partial charge on any atom is -0.475 e. The molecule has 4 aromatic rings. The Morgan fingerprint density at radius 1 is 0.861 bits per heavy atom. The number of pyridine rings is 1. The lowest BCUT2D eigenvalue weighted by atomic mass is 10.1. The molecule has 0 atom stereocenters. The van der Waals surface area contributed by atoms with Gasteiger partial charge >= 0.3 is 12.1 Å². The number of amides is 1. The Balaban J connectivity index is 0.000000400. The second kappa shape index (κ2) is 10.6. The molecule has 3 heterocycles. The number of nitrogens with zero attached hydrogens (tertiary/aromatic N) is 1. The van der Waals surface area contributed by atoms with Crippen molar-refractivity contribution in [3.8, 4) is 11.3 Å². The van der Waals surface area contributed by atoms with E-state index in [4.69, 9.17) is 9.90 Å². The molecule has 6 N–H and O–H groups in total. The first kappa shape index (κ1) is 26.5. The first-order valence-electron chi connectivity index (χ1n) is 11.0. The molecular weight excluding hydrogens is 477 g/mol. The number of benzene rings is 2. The summed E-state index contributed by atoms with van der Waals surface area (Å²) in [6, 6.07) is 17.3. The summed E-state index contributed by atoms with van der Waals surface area (Å²) in [7, 11) is 0. The first-order chi connectivity index (χ1) is 16.6. The molecule has 8 nitrogen and oxygen atoms in total. The quantitative estimate of drug-likeness (QED) is 0.302. The molecule has 1 aliphatic heterocycles. The molecule has 2 aromatic carbocycles. The highest BCUT2D eigenvalue weighted by atomic mass is 19.4. The monoisotopic (exact) mass is 502 g/mol. The van der Waals surface area contributed by atoms with E-state index < -0.39 is 12.1 Å². The molecule has 190 valence electrons. The number of carboxylic acid groups (broad SMARTS) is 1. The standard InChI is InChI=1S/C23H21N3O2.C2HF3O2.H3N/c27-22-18(13-15-6-2-3-7-19(15)25-22)21-14-17-12-16(8-9-20(17)24-21)23(28)26-10-4-1-5-11-26;3-2(4,5)1(6)7;/h2-3,6-9,12-14,24H,1,4-5,10-11H2,(H,25,27);(H,6,7);1H3. The zero-order valence-corrected chi connectivity index (χ0v) is 19.2. The van der Waals surface area contributed by atoms with Gasteiger partial charge in [0.2, 0.25) is 0 Å². The van der Waals surface area contributed by atoms with Gasteiger partial charge in [-0.15, -0.1) is 0 Å². The molecule has 11 heteroatoms. The molecule has 0 unspecified atom stereocenters. The molecule has 0 spiro atoms. The van der Waals surface area contributed by atoms with Crippen molar-refractivity contribution in [3.63, 3.8) is 0 Å². The largest absolute Gasteiger partial charge is 0.490 e. The topological polar surface area (TPSA) is 141 Å². The van der Waals surface area contributed by atoms with Gasteiger partial charge in [-0.25, -0.2) is 4.79 Å². The third-order valence-electron chi connectivity index (χ3n) is 5.80. The van der Waals surface area contributed by atoms with E-state index in [1.165, 1.54) is 6.42 Å². The number of para-hydroxylation sites is 1. The Hall–Kier alpha value is -4.12. The van der Waals surface area contributed by atoms with Gasteiger partial charge in [-0.1, -0.05) is 18.2 Å². The van der Waals surface area contributed by atoms with Crippen molar-refractivity contribution >= 4 is 33.7 Å². The number of aromatic amines is 2. The highest BCUT2D eigenvalue weighted by molar-refractivity contribution is 5.99. The molecule has 1 aliphatic rings. The van der Waals surface area contributed by atoms with Crippen molar-refractivity contribution in [2.75, 3.05) is 13.1 Å². The number of hydrogen-bond acceptors (Lipinski definition) is 4. The molecule has 1 saturated heterocycles. The normalized spacial score (nSPS) is 13.6. The van der Waals surface area contributed by atoms with Crippen LogP contribution >= 0.6 is 0 Å². The van der Waals surface area contributed by atoms with Gasteiger partial charge in [-0.2, -0.15) is 13.2 Å². The van der Waals surface area contributed by atoms with Crippen LogP contribution in [0.4, 0.5) is 13.2 Å². The highest BCUT2D eigenvalue weighted by Crippen LogP contribution is 2.25. The number of hydrogen-bond donors (Lipinski definition) is 4. The number of rotatable bonds is 2. The average molecular weight is 502 g/mol. The van der Waals surface area contributed by atoms with Crippen LogP contribution in [0.1, 0.15) is 29.6 Å². The summed E-state index contributed by atoms with van der Waals surface area (Å²) < 4.78 is 31.7. The number of carbonyl (C=O) groups excluding carboxylic acids is 1. The summed E-state index contributed by atoms with van der Waals surface area (Å²) in [5, 5.41) is 9.04. The summed E-state index contributed by atoms with van der Waals surface area (Å²) >= 11 is 0. The van der Waals surface area contributed by atoms with Crippen LogP contribution in [0.2, 0.25) is 0 Å². The first-order valence-corrected chi connectivity index (χ1v) is 11.0. The lowest BCUT2D eigenvalue weighted by Crippen LogP contribution is -2.35. The summed E-state index contributed by atoms with van der Waals surface area (Å²) in [5.74, 6) is -2.67. The Bertz CT molecular complexity index is 1450. The van der Waals surface area contributed by atoms with Crippen LogP contribution in [0.5, 0.6) is 0 Å². The van der Waals surface area contributed by atoms with Crippen molar-refractivity contribution < 1.29 is 27.9 Å². The number of piperidine rings is 1. The van der Waals surface area contributed by atoms with Gasteiger partial charge in [0.25, 0.3) is 11.5 Å². The van der Waals surface area contributed by atoms with Crippen LogP contribution in [0.15, 0.2) is 59.4 Å². The van der Waals surface area contributed by atoms with E-state index in [1.54, 1.807) is 0 Å². The third kappa shape index (κ3) is 5.74. The van der Waals surface area contributed by atoms with Crippen LogP contribution in [-0.2, 0) is 4.79 Å². The fourth-order valence-electron chi connectivity index (χ4n) is 4.04. The van der Waals surface area contributed by atoms with E-state index in [-0.39, 0.29) is 17.6 Å². The predicted molar refractivity (Wildman–Crippen MR) is 130 cm³/mol. The van der Waals surface area contributed by atoms with Gasteiger partial charge in [0, 0.05) is 35.1 Å². The summed E-state index contributed by atoms with van der Waals surface area (Å²) in [6.07, 6.45) is -1.73. The van der Waals surface area contributed by atoms with E-state index in [9.17, 15) is 22.8 Å². The van der Waals surface area contributed by atoms with Crippen LogP contribution in [0.25, 0.3) is 33.1 Å². The number of fused-ring (bicyclic) bond motifs is 2. The minimum atomic E-state index is -5.08. The lowest BCUT2D eigenvalue weighted by Gasteiger charge is -2.26. The summed E-state index contributed by atoms with van der Waals surface area (Å²) in [6.45, 7) is 1.67. The molecule has 0 saturated carbocycles. The van der Waals surface area contributed by atoms with Crippen molar-refractivity contribution in [1.82, 2.24) is 21.0 Å². The van der Waals surface area contributed by atoms with Crippen LogP contribution in [0.3, 0.4) is 0 Å². The van der Waals surface area contributed by atoms with Crippen molar-refractivity contribution in [2.24, 2.45) is 0 Å². The molecule has 0 radical (unpaired) electrons. The number of H-pyrrole nitrogens is 2. The van der Waals surface area contributed by atoms with Gasteiger partial charge < -0.3 is 26.1 Å². The van der Waals surface area contributed by atoms with Gasteiger partial charge in [0.05, 0.1) is 11.3 Å². The molecule has 1 amide bonds. The fourth-order valence-corrected chi connectivity index (χ4v) is 4.04. The molecule has 0 bridgehead atoms. The second-order valence-corrected chi connectivity index (χ2v) is 8.24. The third-order valence-corrected chi connectivity index (χ3v) is 5.80. The number of likely N-dealkylation sites (tertiary alicyclic amines) is 1. The van der Waals surface area contributed by atoms with Gasteiger partial charge in [0.15, 0.2) is 0 Å². The molecule has 2 aromatic heterocycles. The molecule has 0 aliphatic carbocycles. The lowest BCUT2D eigenvalue weighted by molar-refractivity contribution is -0.192. The minimum absolute atomic E-state index is 0. The molecule has 1 fully saturated rings. The van der Waals surface area contributed by atoms with Crippen LogP contribution in [-0.4, -0.2) is 51.1 Å². The highest BCUT2D eigenvalue weighted by Gasteiger charge is 2.38. The van der Waals surface area contributed by atoms with E-state index >= 15 is 0 Å². The van der Waals surface area contributed by atoms with Gasteiger partial charge in [-0.3, -0.25) is 9.59 Å². The number of aliphatic carboxylic acids is 1. The van der Waals surface area contributed by atoms with E-state index in [1.807, 2.05) is 59.5 Å². The zero-order valence-electron chi connectivity index (χ0n) is 19.2. The average Bonchev–Trinajstić information content (AvgIpc) is 3.26. The molecule has 5 rings (SSSR count). The zero-order chi connectivity index (χ0) is 25.2. The maximum atomic E-state index is 12.8.